The Labute approximate surface area is 112 Å². The number of hydrogen-bond acceptors (Lipinski definition) is 3. The lowest BCUT2D eigenvalue weighted by atomic mass is 10.0. The molecule has 2 unspecified atom stereocenters. The third-order valence-electron chi connectivity index (χ3n) is 3.63. The number of carbonyl (C=O) groups excluding carboxylic acids is 1. The van der Waals surface area contributed by atoms with Gasteiger partial charge in [0.05, 0.1) is 12.6 Å². The highest BCUT2D eigenvalue weighted by Gasteiger charge is 2.32. The molecule has 1 amide bonds. The highest BCUT2D eigenvalue weighted by atomic mass is 32.1. The van der Waals surface area contributed by atoms with E-state index in [0.29, 0.717) is 5.92 Å². The lowest BCUT2D eigenvalue weighted by molar-refractivity contribution is -0.127. The number of thiophene rings is 1. The summed E-state index contributed by atoms with van der Waals surface area (Å²) in [4.78, 5) is 15.0. The van der Waals surface area contributed by atoms with Crippen LogP contribution < -0.4 is 0 Å². The Hall–Kier alpha value is -1.13. The van der Waals surface area contributed by atoms with Crippen molar-refractivity contribution in [3.8, 4) is 0 Å². The number of aryl methyl sites for hydroxylation is 1. The van der Waals surface area contributed by atoms with Crippen LogP contribution in [0.25, 0.3) is 6.08 Å². The summed E-state index contributed by atoms with van der Waals surface area (Å²) in [7, 11) is 0. The molecule has 0 aromatic carbocycles. The molecule has 1 aliphatic heterocycles. The first-order valence-corrected chi connectivity index (χ1v) is 7.15. The van der Waals surface area contributed by atoms with Crippen LogP contribution in [-0.4, -0.2) is 35.1 Å². The molecule has 1 saturated heterocycles. The number of aliphatic hydroxyl groups is 1. The third-order valence-corrected chi connectivity index (χ3v) is 4.62. The van der Waals surface area contributed by atoms with E-state index in [1.54, 1.807) is 22.3 Å². The maximum absolute atomic E-state index is 12.1. The van der Waals surface area contributed by atoms with Crippen LogP contribution in [0.2, 0.25) is 0 Å². The molecular formula is C14H19NO2S. The smallest absolute Gasteiger partial charge is 0.246 e. The lowest BCUT2D eigenvalue weighted by Gasteiger charge is -2.23. The van der Waals surface area contributed by atoms with Crippen LogP contribution in [0.1, 0.15) is 23.8 Å². The first-order chi connectivity index (χ1) is 8.63. The van der Waals surface area contributed by atoms with E-state index < -0.39 is 0 Å². The monoisotopic (exact) mass is 265 g/mol. The van der Waals surface area contributed by atoms with Crippen molar-refractivity contribution in [1.29, 1.82) is 0 Å². The fraction of sp³-hybridized carbons (Fsp3) is 0.500. The summed E-state index contributed by atoms with van der Waals surface area (Å²) < 4.78 is 0. The minimum absolute atomic E-state index is 0.00574. The van der Waals surface area contributed by atoms with Gasteiger partial charge in [0.2, 0.25) is 5.91 Å². The van der Waals surface area contributed by atoms with Crippen LogP contribution >= 0.6 is 11.3 Å². The van der Waals surface area contributed by atoms with Gasteiger partial charge in [0.15, 0.2) is 0 Å². The van der Waals surface area contributed by atoms with E-state index in [2.05, 4.69) is 6.92 Å². The number of carbonyl (C=O) groups is 1. The number of amides is 1. The van der Waals surface area contributed by atoms with Crippen LogP contribution in [0.4, 0.5) is 0 Å². The Balaban J connectivity index is 2.04. The molecule has 0 saturated carbocycles. The molecule has 0 radical (unpaired) electrons. The van der Waals surface area contributed by atoms with Gasteiger partial charge in [0.25, 0.3) is 0 Å². The fourth-order valence-electron chi connectivity index (χ4n) is 2.36. The SMILES string of the molecule is Cc1ccsc1/C=C/C(=O)N1CCC(C)C1CO. The van der Waals surface area contributed by atoms with Crippen LogP contribution in [0.3, 0.4) is 0 Å². The summed E-state index contributed by atoms with van der Waals surface area (Å²) in [5.74, 6) is 0.391. The fourth-order valence-corrected chi connectivity index (χ4v) is 3.18. The van der Waals surface area contributed by atoms with Gasteiger partial charge in [-0.3, -0.25) is 4.79 Å². The van der Waals surface area contributed by atoms with E-state index in [-0.39, 0.29) is 18.6 Å². The second kappa shape index (κ2) is 5.67. The Morgan fingerprint density at radius 3 is 3.06 bits per heavy atom. The van der Waals surface area contributed by atoms with Crippen molar-refractivity contribution in [2.24, 2.45) is 5.92 Å². The van der Waals surface area contributed by atoms with Gasteiger partial charge in [-0.15, -0.1) is 11.3 Å². The Kier molecular flexibility index (Phi) is 4.19. The highest BCUT2D eigenvalue weighted by molar-refractivity contribution is 7.11. The number of likely N-dealkylation sites (tertiary alicyclic amines) is 1. The molecule has 1 fully saturated rings. The zero-order chi connectivity index (χ0) is 13.1. The molecule has 3 nitrogen and oxygen atoms in total. The highest BCUT2D eigenvalue weighted by Crippen LogP contribution is 2.24. The molecule has 0 spiro atoms. The molecule has 2 atom stereocenters. The van der Waals surface area contributed by atoms with Crippen molar-refractivity contribution in [3.63, 3.8) is 0 Å². The Bertz CT molecular complexity index is 452. The van der Waals surface area contributed by atoms with E-state index in [9.17, 15) is 9.90 Å². The molecule has 0 bridgehead atoms. The van der Waals surface area contributed by atoms with Crippen molar-refractivity contribution in [2.45, 2.75) is 26.3 Å². The standard InChI is InChI=1S/C14H19NO2S/c1-10-5-7-15(12(10)9-16)14(17)4-3-13-11(2)6-8-18-13/h3-4,6,8,10,12,16H,5,7,9H2,1-2H3/b4-3+. The maximum Gasteiger partial charge on any atom is 0.246 e. The van der Waals surface area contributed by atoms with E-state index in [4.69, 9.17) is 0 Å². The number of nitrogens with zero attached hydrogens (tertiary/aromatic N) is 1. The first kappa shape index (κ1) is 13.3. The van der Waals surface area contributed by atoms with Crippen molar-refractivity contribution in [1.82, 2.24) is 4.90 Å². The summed E-state index contributed by atoms with van der Waals surface area (Å²) >= 11 is 1.63. The topological polar surface area (TPSA) is 40.5 Å². The summed E-state index contributed by atoms with van der Waals surface area (Å²) in [6, 6.07) is 2.02. The summed E-state index contributed by atoms with van der Waals surface area (Å²) in [6.45, 7) is 4.92. The predicted molar refractivity (Wildman–Crippen MR) is 74.5 cm³/mol. The molecule has 1 aromatic rings. The van der Waals surface area contributed by atoms with Crippen LogP contribution in [-0.2, 0) is 4.79 Å². The molecule has 18 heavy (non-hydrogen) atoms. The van der Waals surface area contributed by atoms with E-state index >= 15 is 0 Å². The minimum atomic E-state index is -0.0217. The normalized spacial score (nSPS) is 24.1. The zero-order valence-corrected chi connectivity index (χ0v) is 11.6. The van der Waals surface area contributed by atoms with Gasteiger partial charge in [-0.05, 0) is 42.3 Å². The largest absolute Gasteiger partial charge is 0.394 e. The quantitative estimate of drug-likeness (QED) is 0.852. The second-order valence-electron chi connectivity index (χ2n) is 4.85. The molecule has 0 aliphatic carbocycles. The predicted octanol–water partition coefficient (Wildman–Crippen LogP) is 2.30. The van der Waals surface area contributed by atoms with Gasteiger partial charge in [0.1, 0.15) is 0 Å². The van der Waals surface area contributed by atoms with Crippen molar-refractivity contribution in [2.75, 3.05) is 13.2 Å². The Morgan fingerprint density at radius 1 is 1.67 bits per heavy atom. The van der Waals surface area contributed by atoms with E-state index in [0.717, 1.165) is 17.8 Å². The van der Waals surface area contributed by atoms with Gasteiger partial charge >= 0.3 is 0 Å². The summed E-state index contributed by atoms with van der Waals surface area (Å²) in [5, 5.41) is 11.4. The number of hydrogen-bond donors (Lipinski definition) is 1. The molecule has 1 aromatic heterocycles. The molecule has 1 aliphatic rings. The van der Waals surface area contributed by atoms with Gasteiger partial charge in [-0.25, -0.2) is 0 Å². The van der Waals surface area contributed by atoms with Crippen molar-refractivity contribution < 1.29 is 9.90 Å². The molecule has 4 heteroatoms. The maximum atomic E-state index is 12.1. The van der Waals surface area contributed by atoms with Crippen LogP contribution in [0.15, 0.2) is 17.5 Å². The lowest BCUT2D eigenvalue weighted by Crippen LogP contribution is -2.38. The summed E-state index contributed by atoms with van der Waals surface area (Å²) in [5.41, 5.74) is 1.19. The Morgan fingerprint density at radius 2 is 2.44 bits per heavy atom. The zero-order valence-electron chi connectivity index (χ0n) is 10.8. The van der Waals surface area contributed by atoms with Crippen LogP contribution in [0.5, 0.6) is 0 Å². The second-order valence-corrected chi connectivity index (χ2v) is 5.80. The van der Waals surface area contributed by atoms with Gasteiger partial charge in [-0.1, -0.05) is 6.92 Å². The third kappa shape index (κ3) is 2.65. The molecule has 2 rings (SSSR count). The van der Waals surface area contributed by atoms with Gasteiger partial charge in [-0.2, -0.15) is 0 Å². The molecule has 98 valence electrons. The van der Waals surface area contributed by atoms with Crippen molar-refractivity contribution in [3.05, 3.63) is 28.0 Å². The molecule has 2 heterocycles. The number of rotatable bonds is 3. The first-order valence-electron chi connectivity index (χ1n) is 6.27. The minimum Gasteiger partial charge on any atom is -0.394 e. The molecular weight excluding hydrogens is 246 g/mol. The molecule has 1 N–H and O–H groups in total. The van der Waals surface area contributed by atoms with Crippen molar-refractivity contribution >= 4 is 23.3 Å². The van der Waals surface area contributed by atoms with Gasteiger partial charge < -0.3 is 10.0 Å². The van der Waals surface area contributed by atoms with E-state index in [1.807, 2.05) is 24.4 Å². The number of aliphatic hydroxyl groups excluding tert-OH is 1. The summed E-state index contributed by atoms with van der Waals surface area (Å²) in [6.07, 6.45) is 4.47. The van der Waals surface area contributed by atoms with Gasteiger partial charge in [0, 0.05) is 17.5 Å². The van der Waals surface area contributed by atoms with Crippen LogP contribution in [0, 0.1) is 12.8 Å². The van der Waals surface area contributed by atoms with E-state index in [1.165, 1.54) is 5.56 Å². The average molecular weight is 265 g/mol. The average Bonchev–Trinajstić information content (AvgIpc) is 2.92.